The van der Waals surface area contributed by atoms with E-state index in [9.17, 15) is 0 Å². The molecule has 3 rings (SSSR count). The van der Waals surface area contributed by atoms with Crippen molar-refractivity contribution < 1.29 is 4.74 Å². The minimum absolute atomic E-state index is 0.739. The Labute approximate surface area is 106 Å². The summed E-state index contributed by atoms with van der Waals surface area (Å²) in [5, 5.41) is 0. The molecular formula is C12H17N3OS. The van der Waals surface area contributed by atoms with E-state index < -0.39 is 0 Å². The lowest BCUT2D eigenvalue weighted by atomic mass is 10.1. The second-order valence-corrected chi connectivity index (χ2v) is 5.46. The van der Waals surface area contributed by atoms with Gasteiger partial charge in [-0.2, -0.15) is 4.37 Å². The zero-order chi connectivity index (χ0) is 11.7. The average molecular weight is 251 g/mol. The maximum absolute atomic E-state index is 5.77. The highest BCUT2D eigenvalue weighted by atomic mass is 32.1. The lowest BCUT2D eigenvalue weighted by Crippen LogP contribution is -2.25. The number of nitrogens with zero attached hydrogens (tertiary/aromatic N) is 3. The van der Waals surface area contributed by atoms with Crippen LogP contribution in [-0.2, 0) is 0 Å². The summed E-state index contributed by atoms with van der Waals surface area (Å²) < 4.78 is 14.4. The summed E-state index contributed by atoms with van der Waals surface area (Å²) in [7, 11) is 2.14. The fraction of sp³-hybridized carbons (Fsp3) is 0.667. The van der Waals surface area contributed by atoms with Gasteiger partial charge in [-0.1, -0.05) is 6.08 Å². The van der Waals surface area contributed by atoms with Gasteiger partial charge in [0.15, 0.2) is 0 Å². The summed E-state index contributed by atoms with van der Waals surface area (Å²) in [5.41, 5.74) is 2.22. The van der Waals surface area contributed by atoms with Crippen LogP contribution in [0, 0.1) is 5.92 Å². The number of likely N-dealkylation sites (N-methyl/N-ethyl adjacent to an activating group) is 1. The van der Waals surface area contributed by atoms with Crippen molar-refractivity contribution in [3.05, 3.63) is 11.8 Å². The summed E-state index contributed by atoms with van der Waals surface area (Å²) in [6, 6.07) is 0. The van der Waals surface area contributed by atoms with Gasteiger partial charge >= 0.3 is 0 Å². The number of rotatable bonds is 4. The topological polar surface area (TPSA) is 38.2 Å². The maximum atomic E-state index is 5.77. The van der Waals surface area contributed by atoms with Gasteiger partial charge in [0, 0.05) is 13.1 Å². The SMILES string of the molecule is CN1CCC=C(c2nsnc2OCC2CC2)C1. The van der Waals surface area contributed by atoms with Crippen LogP contribution >= 0.6 is 11.7 Å². The van der Waals surface area contributed by atoms with Gasteiger partial charge in [0.05, 0.1) is 18.3 Å². The zero-order valence-electron chi connectivity index (χ0n) is 10.1. The number of ether oxygens (including phenoxy) is 1. The first-order valence-electron chi connectivity index (χ1n) is 6.16. The van der Waals surface area contributed by atoms with Crippen molar-refractivity contribution in [3.8, 4) is 5.88 Å². The molecule has 0 aromatic carbocycles. The standard InChI is InChI=1S/C12H17N3OS/c1-15-6-2-3-10(7-15)11-12(14-17-13-11)16-8-9-4-5-9/h3,9H,2,4-8H2,1H3. The normalized spacial score (nSPS) is 21.4. The van der Waals surface area contributed by atoms with Gasteiger partial charge in [-0.05, 0) is 37.8 Å². The van der Waals surface area contributed by atoms with Crippen LogP contribution in [0.1, 0.15) is 25.0 Å². The Kier molecular flexibility index (Phi) is 3.11. The Hall–Kier alpha value is -0.940. The molecule has 1 aromatic heterocycles. The predicted octanol–water partition coefficient (Wildman–Crippen LogP) is 2.05. The fourth-order valence-electron chi connectivity index (χ4n) is 2.02. The molecule has 0 atom stereocenters. The molecule has 4 nitrogen and oxygen atoms in total. The third kappa shape index (κ3) is 2.66. The van der Waals surface area contributed by atoms with Crippen LogP contribution in [0.3, 0.4) is 0 Å². The highest BCUT2D eigenvalue weighted by Gasteiger charge is 2.24. The summed E-state index contributed by atoms with van der Waals surface area (Å²) in [6.07, 6.45) is 5.96. The molecule has 17 heavy (non-hydrogen) atoms. The summed E-state index contributed by atoms with van der Waals surface area (Å²) in [6.45, 7) is 2.88. The van der Waals surface area contributed by atoms with Crippen LogP contribution in [-0.4, -0.2) is 40.4 Å². The lowest BCUT2D eigenvalue weighted by molar-refractivity contribution is 0.289. The van der Waals surface area contributed by atoms with E-state index >= 15 is 0 Å². The molecule has 2 aliphatic rings. The molecule has 1 aliphatic heterocycles. The second kappa shape index (κ2) is 4.74. The predicted molar refractivity (Wildman–Crippen MR) is 68.2 cm³/mol. The molecule has 0 amide bonds. The van der Waals surface area contributed by atoms with E-state index in [0.717, 1.165) is 43.6 Å². The van der Waals surface area contributed by atoms with E-state index in [-0.39, 0.29) is 0 Å². The van der Waals surface area contributed by atoms with Crippen molar-refractivity contribution in [1.29, 1.82) is 0 Å². The third-order valence-electron chi connectivity index (χ3n) is 3.26. The molecule has 1 aliphatic carbocycles. The van der Waals surface area contributed by atoms with E-state index in [4.69, 9.17) is 4.74 Å². The summed E-state index contributed by atoms with van der Waals surface area (Å²) >= 11 is 1.25. The van der Waals surface area contributed by atoms with Crippen LogP contribution in [0.2, 0.25) is 0 Å². The van der Waals surface area contributed by atoms with E-state index in [2.05, 4.69) is 26.8 Å². The number of hydrogen-bond donors (Lipinski definition) is 0. The van der Waals surface area contributed by atoms with Crippen LogP contribution in [0.5, 0.6) is 5.88 Å². The van der Waals surface area contributed by atoms with Gasteiger partial charge in [0.25, 0.3) is 5.88 Å². The zero-order valence-corrected chi connectivity index (χ0v) is 10.9. The number of hydrogen-bond acceptors (Lipinski definition) is 5. The molecule has 0 radical (unpaired) electrons. The first-order valence-corrected chi connectivity index (χ1v) is 6.89. The molecule has 1 aromatic rings. The van der Waals surface area contributed by atoms with E-state index in [1.54, 1.807) is 0 Å². The molecule has 0 N–H and O–H groups in total. The Balaban J connectivity index is 1.72. The number of aromatic nitrogens is 2. The smallest absolute Gasteiger partial charge is 0.253 e. The van der Waals surface area contributed by atoms with Gasteiger partial charge in [0.1, 0.15) is 5.69 Å². The molecule has 92 valence electrons. The summed E-state index contributed by atoms with van der Waals surface area (Å²) in [4.78, 5) is 2.30. The van der Waals surface area contributed by atoms with Gasteiger partial charge in [-0.3, -0.25) is 0 Å². The minimum Gasteiger partial charge on any atom is -0.475 e. The molecule has 0 spiro atoms. The van der Waals surface area contributed by atoms with E-state index in [0.29, 0.717) is 0 Å². The third-order valence-corrected chi connectivity index (χ3v) is 3.77. The van der Waals surface area contributed by atoms with E-state index in [1.165, 1.54) is 30.1 Å². The fourth-order valence-corrected chi connectivity index (χ4v) is 2.55. The Morgan fingerprint density at radius 1 is 1.47 bits per heavy atom. The van der Waals surface area contributed by atoms with Crippen molar-refractivity contribution in [2.24, 2.45) is 5.92 Å². The van der Waals surface area contributed by atoms with Crippen molar-refractivity contribution in [2.75, 3.05) is 26.7 Å². The Morgan fingerprint density at radius 3 is 3.12 bits per heavy atom. The first kappa shape index (κ1) is 11.2. The van der Waals surface area contributed by atoms with Gasteiger partial charge in [0.2, 0.25) is 0 Å². The minimum atomic E-state index is 0.739. The quantitative estimate of drug-likeness (QED) is 0.821. The van der Waals surface area contributed by atoms with Gasteiger partial charge < -0.3 is 9.64 Å². The van der Waals surface area contributed by atoms with Crippen LogP contribution < -0.4 is 4.74 Å². The van der Waals surface area contributed by atoms with Crippen molar-refractivity contribution >= 4 is 17.3 Å². The molecule has 2 heterocycles. The highest BCUT2D eigenvalue weighted by Crippen LogP contribution is 2.32. The van der Waals surface area contributed by atoms with E-state index in [1.807, 2.05) is 0 Å². The molecule has 5 heteroatoms. The molecule has 0 unspecified atom stereocenters. The monoisotopic (exact) mass is 251 g/mol. The Bertz CT molecular complexity index is 425. The largest absolute Gasteiger partial charge is 0.475 e. The van der Waals surface area contributed by atoms with Crippen LogP contribution in [0.25, 0.3) is 5.57 Å². The van der Waals surface area contributed by atoms with Crippen molar-refractivity contribution in [3.63, 3.8) is 0 Å². The van der Waals surface area contributed by atoms with Crippen LogP contribution in [0.4, 0.5) is 0 Å². The maximum Gasteiger partial charge on any atom is 0.253 e. The first-order chi connectivity index (χ1) is 8.33. The summed E-state index contributed by atoms with van der Waals surface area (Å²) in [5.74, 6) is 1.50. The van der Waals surface area contributed by atoms with Crippen LogP contribution in [0.15, 0.2) is 6.08 Å². The van der Waals surface area contributed by atoms with Crippen molar-refractivity contribution in [2.45, 2.75) is 19.3 Å². The Morgan fingerprint density at radius 2 is 2.35 bits per heavy atom. The highest BCUT2D eigenvalue weighted by molar-refractivity contribution is 6.99. The lowest BCUT2D eigenvalue weighted by Gasteiger charge is -2.22. The van der Waals surface area contributed by atoms with Gasteiger partial charge in [-0.25, -0.2) is 0 Å². The van der Waals surface area contributed by atoms with Crippen molar-refractivity contribution in [1.82, 2.24) is 13.6 Å². The van der Waals surface area contributed by atoms with Gasteiger partial charge in [-0.15, -0.1) is 4.37 Å². The molecule has 1 saturated carbocycles. The molecule has 0 bridgehead atoms. The molecular weight excluding hydrogens is 234 g/mol. The second-order valence-electron chi connectivity index (χ2n) is 4.93. The average Bonchev–Trinajstić information content (AvgIpc) is 3.04. The molecule has 1 fully saturated rings. The molecule has 0 saturated heterocycles.